The van der Waals surface area contributed by atoms with Crippen molar-refractivity contribution >= 4 is 11.8 Å². The van der Waals surface area contributed by atoms with E-state index in [1.54, 1.807) is 6.92 Å². The first-order chi connectivity index (χ1) is 4.66. The van der Waals surface area contributed by atoms with Crippen molar-refractivity contribution in [3.8, 4) is 0 Å². The highest BCUT2D eigenvalue weighted by Crippen LogP contribution is 1.77. The number of nitrogens with one attached hydrogen (secondary N) is 1. The summed E-state index contributed by atoms with van der Waals surface area (Å²) in [5, 5.41) is 3.61. The molecule has 0 aromatic heterocycles. The molecule has 10 heavy (non-hydrogen) atoms. The van der Waals surface area contributed by atoms with Gasteiger partial charge in [0.05, 0.1) is 6.61 Å². The van der Waals surface area contributed by atoms with Crippen molar-refractivity contribution in [2.45, 2.75) is 20.8 Å². The SMILES string of the molecule is CCO/C(C)=N/NC(C)=O. The van der Waals surface area contributed by atoms with Gasteiger partial charge in [-0.1, -0.05) is 0 Å². The molecular formula is C6H12N2O2. The molecule has 0 unspecified atom stereocenters. The van der Waals surface area contributed by atoms with E-state index in [0.717, 1.165) is 0 Å². The molecule has 0 aromatic rings. The first-order valence-electron chi connectivity index (χ1n) is 3.10. The fourth-order valence-corrected chi connectivity index (χ4v) is 0.399. The van der Waals surface area contributed by atoms with Crippen LogP contribution >= 0.6 is 0 Å². The molecule has 1 amide bonds. The number of carbonyl (C=O) groups excluding carboxylic acids is 1. The van der Waals surface area contributed by atoms with E-state index < -0.39 is 0 Å². The van der Waals surface area contributed by atoms with Gasteiger partial charge in [0.1, 0.15) is 0 Å². The number of hydrogen-bond acceptors (Lipinski definition) is 3. The summed E-state index contributed by atoms with van der Waals surface area (Å²) in [5.74, 6) is 0.275. The van der Waals surface area contributed by atoms with E-state index in [2.05, 4.69) is 10.5 Å². The lowest BCUT2D eigenvalue weighted by atomic mass is 10.7. The minimum Gasteiger partial charge on any atom is -0.480 e. The Morgan fingerprint density at radius 3 is 2.60 bits per heavy atom. The van der Waals surface area contributed by atoms with E-state index >= 15 is 0 Å². The fraction of sp³-hybridized carbons (Fsp3) is 0.667. The van der Waals surface area contributed by atoms with Gasteiger partial charge in [0.25, 0.3) is 0 Å². The molecule has 4 nitrogen and oxygen atoms in total. The molecule has 0 aliphatic heterocycles. The average molecular weight is 144 g/mol. The van der Waals surface area contributed by atoms with Gasteiger partial charge in [0, 0.05) is 13.8 Å². The van der Waals surface area contributed by atoms with Crippen molar-refractivity contribution in [2.75, 3.05) is 6.61 Å². The van der Waals surface area contributed by atoms with Crippen molar-refractivity contribution in [3.05, 3.63) is 0 Å². The van der Waals surface area contributed by atoms with Crippen molar-refractivity contribution in [3.63, 3.8) is 0 Å². The van der Waals surface area contributed by atoms with Gasteiger partial charge >= 0.3 is 0 Å². The Morgan fingerprint density at radius 2 is 2.20 bits per heavy atom. The van der Waals surface area contributed by atoms with Crippen LogP contribution in [-0.4, -0.2) is 18.4 Å². The molecule has 0 saturated carbocycles. The third-order valence-corrected chi connectivity index (χ3v) is 0.724. The molecule has 4 heteroatoms. The van der Waals surface area contributed by atoms with Gasteiger partial charge < -0.3 is 4.74 Å². The van der Waals surface area contributed by atoms with Gasteiger partial charge in [-0.05, 0) is 6.92 Å². The molecule has 58 valence electrons. The Labute approximate surface area is 60.3 Å². The zero-order valence-electron chi connectivity index (χ0n) is 6.47. The normalized spacial score (nSPS) is 10.9. The Hall–Kier alpha value is -1.06. The van der Waals surface area contributed by atoms with Gasteiger partial charge in [-0.2, -0.15) is 0 Å². The smallest absolute Gasteiger partial charge is 0.237 e. The first-order valence-corrected chi connectivity index (χ1v) is 3.10. The zero-order valence-corrected chi connectivity index (χ0v) is 6.47. The van der Waals surface area contributed by atoms with Crippen LogP contribution in [0.15, 0.2) is 5.10 Å². The van der Waals surface area contributed by atoms with Crippen LogP contribution in [0.2, 0.25) is 0 Å². The second-order valence-corrected chi connectivity index (χ2v) is 1.73. The number of nitrogens with zero attached hydrogens (tertiary/aromatic N) is 1. The molecule has 0 spiro atoms. The molecule has 1 N–H and O–H groups in total. The molecule has 0 aliphatic carbocycles. The maximum atomic E-state index is 10.3. The van der Waals surface area contributed by atoms with Crippen LogP contribution in [0.4, 0.5) is 0 Å². The van der Waals surface area contributed by atoms with E-state index in [1.807, 2.05) is 6.92 Å². The molecule has 0 atom stereocenters. The predicted octanol–water partition coefficient (Wildman–Crippen LogP) is 0.492. The summed E-state index contributed by atoms with van der Waals surface area (Å²) in [6.07, 6.45) is 0. The monoisotopic (exact) mass is 144 g/mol. The van der Waals surface area contributed by atoms with Gasteiger partial charge in [-0.3, -0.25) is 4.79 Å². The van der Waals surface area contributed by atoms with Crippen LogP contribution < -0.4 is 5.43 Å². The number of rotatable bonds is 2. The van der Waals surface area contributed by atoms with Crippen molar-refractivity contribution in [2.24, 2.45) is 5.10 Å². The van der Waals surface area contributed by atoms with E-state index in [4.69, 9.17) is 4.74 Å². The number of hydrogen-bond donors (Lipinski definition) is 1. The summed E-state index contributed by atoms with van der Waals surface area (Å²) in [6, 6.07) is 0. The molecule has 0 bridgehead atoms. The second kappa shape index (κ2) is 4.78. The van der Waals surface area contributed by atoms with Crippen LogP contribution in [0.1, 0.15) is 20.8 Å². The standard InChI is InChI=1S/C6H12N2O2/c1-4-10-6(3)8-7-5(2)9/h4H2,1-3H3,(H,7,9)/b8-6+. The molecule has 0 saturated heterocycles. The van der Waals surface area contributed by atoms with E-state index in [1.165, 1.54) is 6.92 Å². The van der Waals surface area contributed by atoms with Crippen LogP contribution in [0.3, 0.4) is 0 Å². The number of carbonyl (C=O) groups is 1. The van der Waals surface area contributed by atoms with Crippen molar-refractivity contribution in [1.82, 2.24) is 5.43 Å². The lowest BCUT2D eigenvalue weighted by Gasteiger charge is -1.99. The van der Waals surface area contributed by atoms with Crippen molar-refractivity contribution < 1.29 is 9.53 Å². The van der Waals surface area contributed by atoms with Crippen LogP contribution in [0.25, 0.3) is 0 Å². The summed E-state index contributed by atoms with van der Waals surface area (Å²) in [4.78, 5) is 10.3. The van der Waals surface area contributed by atoms with Crippen LogP contribution in [0, 0.1) is 0 Å². The third-order valence-electron chi connectivity index (χ3n) is 0.724. The minimum absolute atomic E-state index is 0.195. The Bertz CT molecular complexity index is 143. The van der Waals surface area contributed by atoms with Crippen LogP contribution in [0.5, 0.6) is 0 Å². The third kappa shape index (κ3) is 5.08. The quantitative estimate of drug-likeness (QED) is 0.348. The fourth-order valence-electron chi connectivity index (χ4n) is 0.399. The van der Waals surface area contributed by atoms with E-state index in [9.17, 15) is 4.79 Å². The van der Waals surface area contributed by atoms with E-state index in [-0.39, 0.29) is 5.91 Å². The maximum Gasteiger partial charge on any atom is 0.237 e. The topological polar surface area (TPSA) is 50.7 Å². The number of amides is 1. The number of hydrazone groups is 1. The Morgan fingerprint density at radius 1 is 1.60 bits per heavy atom. The summed E-state index contributed by atoms with van der Waals surface area (Å²) >= 11 is 0. The zero-order chi connectivity index (χ0) is 7.98. The summed E-state index contributed by atoms with van der Waals surface area (Å²) in [5.41, 5.74) is 2.25. The lowest BCUT2D eigenvalue weighted by molar-refractivity contribution is -0.118. The highest BCUT2D eigenvalue weighted by atomic mass is 16.5. The van der Waals surface area contributed by atoms with Gasteiger partial charge in [0.15, 0.2) is 0 Å². The first kappa shape index (κ1) is 8.94. The van der Waals surface area contributed by atoms with Crippen LogP contribution in [-0.2, 0) is 9.53 Å². The molecule has 0 radical (unpaired) electrons. The molecule has 0 heterocycles. The van der Waals surface area contributed by atoms with Gasteiger partial charge in [-0.15, -0.1) is 5.10 Å². The lowest BCUT2D eigenvalue weighted by Crippen LogP contribution is -2.15. The maximum absolute atomic E-state index is 10.3. The Kier molecular flexibility index (Phi) is 4.28. The van der Waals surface area contributed by atoms with Gasteiger partial charge in [-0.25, -0.2) is 5.43 Å². The van der Waals surface area contributed by atoms with Crippen molar-refractivity contribution in [1.29, 1.82) is 0 Å². The van der Waals surface area contributed by atoms with E-state index in [0.29, 0.717) is 12.5 Å². The molecule has 0 aromatic carbocycles. The summed E-state index contributed by atoms with van der Waals surface area (Å²) in [7, 11) is 0. The molecule has 0 rings (SSSR count). The molecule has 0 fully saturated rings. The average Bonchev–Trinajstić information content (AvgIpc) is 1.85. The highest BCUT2D eigenvalue weighted by molar-refractivity contribution is 5.77. The predicted molar refractivity (Wildman–Crippen MR) is 38.6 cm³/mol. The summed E-state index contributed by atoms with van der Waals surface area (Å²) in [6.45, 7) is 5.49. The highest BCUT2D eigenvalue weighted by Gasteiger charge is 1.88. The minimum atomic E-state index is -0.195. The second-order valence-electron chi connectivity index (χ2n) is 1.73. The number of ether oxygens (including phenoxy) is 1. The largest absolute Gasteiger partial charge is 0.480 e. The Balaban J connectivity index is 3.57. The molecule has 0 aliphatic rings. The summed E-state index contributed by atoms with van der Waals surface area (Å²) < 4.78 is 4.93. The molecular weight excluding hydrogens is 132 g/mol. The van der Waals surface area contributed by atoms with Gasteiger partial charge in [0.2, 0.25) is 11.8 Å².